The largest absolute Gasteiger partial charge is 0.457 e. The van der Waals surface area contributed by atoms with E-state index < -0.39 is 18.0 Å². The topological polar surface area (TPSA) is 85.1 Å². The number of ether oxygens (including phenoxy) is 1. The monoisotopic (exact) mass is 367 g/mol. The fourth-order valence-corrected chi connectivity index (χ4v) is 3.33. The molecule has 2 aliphatic rings. The van der Waals surface area contributed by atoms with Crippen molar-refractivity contribution in [2.24, 2.45) is 5.73 Å². The van der Waals surface area contributed by atoms with Crippen molar-refractivity contribution in [1.29, 1.82) is 0 Å². The van der Waals surface area contributed by atoms with Crippen molar-refractivity contribution in [1.82, 2.24) is 4.90 Å². The van der Waals surface area contributed by atoms with Gasteiger partial charge in [0.2, 0.25) is 0 Å². The van der Waals surface area contributed by atoms with Crippen molar-refractivity contribution >= 4 is 17.7 Å². The quantitative estimate of drug-likeness (QED) is 0.902. The zero-order chi connectivity index (χ0) is 18.8. The predicted molar refractivity (Wildman–Crippen MR) is 99.4 cm³/mol. The lowest BCUT2D eigenvalue weighted by Crippen LogP contribution is -2.50. The van der Waals surface area contributed by atoms with Crippen LogP contribution in [-0.4, -0.2) is 36.0 Å². The molecule has 0 aromatic heterocycles. The van der Waals surface area contributed by atoms with Gasteiger partial charge in [0.15, 0.2) is 0 Å². The van der Waals surface area contributed by atoms with Crippen LogP contribution >= 0.6 is 0 Å². The van der Waals surface area contributed by atoms with E-state index in [1.165, 1.54) is 0 Å². The molecule has 1 saturated heterocycles. The van der Waals surface area contributed by atoms with Crippen LogP contribution in [0.3, 0.4) is 0 Å². The maximum Gasteiger partial charge on any atom is 0.434 e. The lowest BCUT2D eigenvalue weighted by atomic mass is 9.99. The standard InChI is InChI=1S/C20H21N3O4/c21-17-13-14-12-16(26-15-6-2-1-3-7-15)8-9-18(14)23(19(17)24)27-20(25)22-10-4-5-11-22/h1-3,6-9,12,17H,4-5,10-11,13,21H2/t17-/m0/s1. The number of hydroxylamine groups is 1. The van der Waals surface area contributed by atoms with Crippen LogP contribution < -0.4 is 15.5 Å². The van der Waals surface area contributed by atoms with Gasteiger partial charge >= 0.3 is 6.09 Å². The predicted octanol–water partition coefficient (Wildman–Crippen LogP) is 2.84. The Hall–Kier alpha value is -3.06. The molecule has 1 atom stereocenters. The van der Waals surface area contributed by atoms with Crippen molar-refractivity contribution in [2.45, 2.75) is 25.3 Å². The fraction of sp³-hybridized carbons (Fsp3) is 0.300. The van der Waals surface area contributed by atoms with Gasteiger partial charge in [0.25, 0.3) is 5.91 Å². The Morgan fingerprint density at radius 1 is 1.04 bits per heavy atom. The minimum Gasteiger partial charge on any atom is -0.457 e. The maximum absolute atomic E-state index is 12.5. The van der Waals surface area contributed by atoms with Gasteiger partial charge in [0, 0.05) is 13.1 Å². The molecule has 2 aliphatic heterocycles. The summed E-state index contributed by atoms with van der Waals surface area (Å²) in [4.78, 5) is 31.8. The van der Waals surface area contributed by atoms with Crippen LogP contribution in [0.15, 0.2) is 48.5 Å². The van der Waals surface area contributed by atoms with Gasteiger partial charge in [0.1, 0.15) is 11.5 Å². The molecule has 140 valence electrons. The van der Waals surface area contributed by atoms with Crippen LogP contribution in [0.4, 0.5) is 10.5 Å². The number of hydrogen-bond donors (Lipinski definition) is 1. The average molecular weight is 367 g/mol. The molecule has 0 aliphatic carbocycles. The summed E-state index contributed by atoms with van der Waals surface area (Å²) in [6, 6.07) is 13.9. The highest BCUT2D eigenvalue weighted by molar-refractivity contribution is 5.99. The molecule has 2 aromatic carbocycles. The molecule has 2 N–H and O–H groups in total. The minimum absolute atomic E-state index is 0.359. The van der Waals surface area contributed by atoms with E-state index in [4.69, 9.17) is 15.3 Å². The van der Waals surface area contributed by atoms with E-state index in [-0.39, 0.29) is 0 Å². The number of anilines is 1. The van der Waals surface area contributed by atoms with Crippen LogP contribution in [0.25, 0.3) is 0 Å². The Bertz CT molecular complexity index is 850. The Kier molecular flexibility index (Phi) is 4.68. The van der Waals surface area contributed by atoms with Crippen molar-refractivity contribution < 1.29 is 19.2 Å². The molecule has 2 heterocycles. The van der Waals surface area contributed by atoms with Crippen LogP contribution in [0.5, 0.6) is 11.5 Å². The first kappa shape index (κ1) is 17.4. The number of nitrogens with two attached hydrogens (primary N) is 1. The highest BCUT2D eigenvalue weighted by Gasteiger charge is 2.35. The number of rotatable bonds is 3. The summed E-state index contributed by atoms with van der Waals surface area (Å²) < 4.78 is 5.84. The number of amides is 2. The van der Waals surface area contributed by atoms with Gasteiger partial charge in [0.05, 0.1) is 11.7 Å². The van der Waals surface area contributed by atoms with Crippen LogP contribution in [-0.2, 0) is 16.1 Å². The van der Waals surface area contributed by atoms with Crippen LogP contribution in [0.1, 0.15) is 18.4 Å². The van der Waals surface area contributed by atoms with Gasteiger partial charge in [-0.05, 0) is 55.2 Å². The smallest absolute Gasteiger partial charge is 0.434 e. The van der Waals surface area contributed by atoms with E-state index in [1.54, 1.807) is 17.0 Å². The molecule has 4 rings (SSSR count). The normalized spacial score (nSPS) is 19.0. The Morgan fingerprint density at radius 3 is 2.52 bits per heavy atom. The number of carbonyl (C=O) groups is 2. The van der Waals surface area contributed by atoms with Crippen molar-refractivity contribution in [3.05, 3.63) is 54.1 Å². The third-order valence-corrected chi connectivity index (χ3v) is 4.74. The molecule has 1 fully saturated rings. The van der Waals surface area contributed by atoms with E-state index >= 15 is 0 Å². The Morgan fingerprint density at radius 2 is 1.78 bits per heavy atom. The average Bonchev–Trinajstić information content (AvgIpc) is 3.21. The maximum atomic E-state index is 12.5. The molecule has 0 saturated carbocycles. The summed E-state index contributed by atoms with van der Waals surface area (Å²) in [6.07, 6.45) is 1.72. The number of likely N-dealkylation sites (tertiary alicyclic amines) is 1. The van der Waals surface area contributed by atoms with Gasteiger partial charge in [-0.3, -0.25) is 4.79 Å². The van der Waals surface area contributed by atoms with E-state index in [0.717, 1.165) is 23.5 Å². The van der Waals surface area contributed by atoms with Gasteiger partial charge in [-0.1, -0.05) is 18.2 Å². The van der Waals surface area contributed by atoms with E-state index in [0.29, 0.717) is 36.7 Å². The summed E-state index contributed by atoms with van der Waals surface area (Å²) in [5.41, 5.74) is 7.30. The summed E-state index contributed by atoms with van der Waals surface area (Å²) in [5.74, 6) is 0.921. The van der Waals surface area contributed by atoms with Gasteiger partial charge in [-0.2, -0.15) is 0 Å². The number of nitrogens with zero attached hydrogens (tertiary/aromatic N) is 2. The zero-order valence-electron chi connectivity index (χ0n) is 14.8. The number of carbonyl (C=O) groups excluding carboxylic acids is 2. The summed E-state index contributed by atoms with van der Waals surface area (Å²) >= 11 is 0. The lowest BCUT2D eigenvalue weighted by molar-refractivity contribution is -0.126. The summed E-state index contributed by atoms with van der Waals surface area (Å²) in [7, 11) is 0. The van der Waals surface area contributed by atoms with E-state index in [9.17, 15) is 9.59 Å². The van der Waals surface area contributed by atoms with Crippen molar-refractivity contribution in [2.75, 3.05) is 18.2 Å². The zero-order valence-corrected chi connectivity index (χ0v) is 14.8. The second-order valence-electron chi connectivity index (χ2n) is 6.70. The molecular formula is C20H21N3O4. The Labute approximate surface area is 157 Å². The van der Waals surface area contributed by atoms with E-state index in [1.807, 2.05) is 36.4 Å². The molecular weight excluding hydrogens is 346 g/mol. The van der Waals surface area contributed by atoms with Gasteiger partial charge < -0.3 is 20.2 Å². The first-order valence-electron chi connectivity index (χ1n) is 9.04. The van der Waals surface area contributed by atoms with Crippen LogP contribution in [0.2, 0.25) is 0 Å². The fourth-order valence-electron chi connectivity index (χ4n) is 3.33. The first-order valence-corrected chi connectivity index (χ1v) is 9.04. The van der Waals surface area contributed by atoms with Gasteiger partial charge in [-0.25, -0.2) is 4.79 Å². The van der Waals surface area contributed by atoms with Gasteiger partial charge in [-0.15, -0.1) is 5.06 Å². The number of fused-ring (bicyclic) bond motifs is 1. The number of hydrogen-bond acceptors (Lipinski definition) is 5. The summed E-state index contributed by atoms with van der Waals surface area (Å²) in [6.45, 7) is 1.28. The Balaban J connectivity index is 1.57. The van der Waals surface area contributed by atoms with Crippen LogP contribution in [0, 0.1) is 0 Å². The minimum atomic E-state index is -0.768. The molecule has 0 unspecified atom stereocenters. The molecule has 7 heteroatoms. The molecule has 7 nitrogen and oxygen atoms in total. The number of para-hydroxylation sites is 1. The first-order chi connectivity index (χ1) is 13.1. The molecule has 0 bridgehead atoms. The molecule has 2 aromatic rings. The lowest BCUT2D eigenvalue weighted by Gasteiger charge is -2.31. The second kappa shape index (κ2) is 7.28. The summed E-state index contributed by atoms with van der Waals surface area (Å²) in [5, 5.41) is 1.02. The second-order valence-corrected chi connectivity index (χ2v) is 6.70. The molecule has 0 spiro atoms. The SMILES string of the molecule is N[C@H]1Cc2cc(Oc3ccccc3)ccc2N(OC(=O)N2CCCC2)C1=O. The third kappa shape index (κ3) is 3.59. The highest BCUT2D eigenvalue weighted by atomic mass is 16.7. The van der Waals surface area contributed by atoms with Crippen molar-refractivity contribution in [3.63, 3.8) is 0 Å². The van der Waals surface area contributed by atoms with Crippen molar-refractivity contribution in [3.8, 4) is 11.5 Å². The molecule has 0 radical (unpaired) electrons. The highest BCUT2D eigenvalue weighted by Crippen LogP contribution is 2.33. The molecule has 2 amide bonds. The number of benzene rings is 2. The molecule has 27 heavy (non-hydrogen) atoms. The van der Waals surface area contributed by atoms with E-state index in [2.05, 4.69) is 0 Å². The third-order valence-electron chi connectivity index (χ3n) is 4.74.